The lowest BCUT2D eigenvalue weighted by Gasteiger charge is -2.46. The monoisotopic (exact) mass is 249 g/mol. The molecule has 0 radical (unpaired) electrons. The number of hydrogen-bond donors (Lipinski definition) is 1. The maximum absolute atomic E-state index is 4.94. The Bertz CT molecular complexity index is 388. The fraction of sp³-hybridized carbons (Fsp3) is 0.786. The molecule has 0 bridgehead atoms. The van der Waals surface area contributed by atoms with Crippen LogP contribution in [-0.4, -0.2) is 34.7 Å². The maximum atomic E-state index is 4.94. The van der Waals surface area contributed by atoms with Gasteiger partial charge in [0, 0.05) is 37.3 Å². The minimum absolute atomic E-state index is 0.301. The summed E-state index contributed by atoms with van der Waals surface area (Å²) in [5.41, 5.74) is 1.35. The third-order valence-electron chi connectivity index (χ3n) is 4.60. The van der Waals surface area contributed by atoms with Crippen LogP contribution in [0.25, 0.3) is 0 Å². The summed E-state index contributed by atoms with van der Waals surface area (Å²) in [6.45, 7) is 7.79. The van der Waals surface area contributed by atoms with E-state index < -0.39 is 0 Å². The van der Waals surface area contributed by atoms with E-state index in [0.29, 0.717) is 11.6 Å². The Labute approximate surface area is 109 Å². The van der Waals surface area contributed by atoms with Gasteiger partial charge in [0.1, 0.15) is 6.26 Å². The van der Waals surface area contributed by atoms with Crippen LogP contribution in [0.4, 0.5) is 0 Å². The van der Waals surface area contributed by atoms with Crippen molar-refractivity contribution in [3.8, 4) is 0 Å². The number of rotatable bonds is 4. The summed E-state index contributed by atoms with van der Waals surface area (Å²) >= 11 is 0. The SMILES string of the molecule is CCC1CNC(C)(C2CC2)CN1Cc1ccon1. The zero-order valence-electron chi connectivity index (χ0n) is 11.4. The summed E-state index contributed by atoms with van der Waals surface area (Å²) in [6.07, 6.45) is 5.63. The Morgan fingerprint density at radius 1 is 1.56 bits per heavy atom. The van der Waals surface area contributed by atoms with E-state index >= 15 is 0 Å². The summed E-state index contributed by atoms with van der Waals surface area (Å²) in [4.78, 5) is 2.58. The summed E-state index contributed by atoms with van der Waals surface area (Å²) in [7, 11) is 0. The van der Waals surface area contributed by atoms with Crippen molar-refractivity contribution >= 4 is 0 Å². The quantitative estimate of drug-likeness (QED) is 0.886. The van der Waals surface area contributed by atoms with Crippen LogP contribution in [0.5, 0.6) is 0 Å². The van der Waals surface area contributed by atoms with E-state index in [-0.39, 0.29) is 0 Å². The van der Waals surface area contributed by atoms with Gasteiger partial charge in [0.15, 0.2) is 0 Å². The van der Waals surface area contributed by atoms with Gasteiger partial charge in [0.05, 0.1) is 5.69 Å². The van der Waals surface area contributed by atoms with Gasteiger partial charge in [0.25, 0.3) is 0 Å². The van der Waals surface area contributed by atoms with Crippen molar-refractivity contribution in [3.05, 3.63) is 18.0 Å². The van der Waals surface area contributed by atoms with Gasteiger partial charge in [-0.2, -0.15) is 0 Å². The summed E-state index contributed by atoms with van der Waals surface area (Å²) in [6, 6.07) is 2.59. The van der Waals surface area contributed by atoms with E-state index in [0.717, 1.165) is 31.2 Å². The van der Waals surface area contributed by atoms with Gasteiger partial charge < -0.3 is 9.84 Å². The van der Waals surface area contributed by atoms with E-state index in [1.165, 1.54) is 19.3 Å². The van der Waals surface area contributed by atoms with Gasteiger partial charge in [-0.1, -0.05) is 12.1 Å². The highest BCUT2D eigenvalue weighted by atomic mass is 16.5. The van der Waals surface area contributed by atoms with E-state index in [9.17, 15) is 0 Å². The zero-order valence-corrected chi connectivity index (χ0v) is 11.4. The fourth-order valence-electron chi connectivity index (χ4n) is 3.20. The highest BCUT2D eigenvalue weighted by Gasteiger charge is 2.45. The highest BCUT2D eigenvalue weighted by molar-refractivity contribution is 5.05. The smallest absolute Gasteiger partial charge is 0.124 e. The van der Waals surface area contributed by atoms with Crippen molar-refractivity contribution in [3.63, 3.8) is 0 Å². The molecule has 3 rings (SSSR count). The first-order chi connectivity index (χ1) is 8.71. The largest absolute Gasteiger partial charge is 0.364 e. The predicted molar refractivity (Wildman–Crippen MR) is 70.1 cm³/mol. The lowest BCUT2D eigenvalue weighted by atomic mass is 9.90. The van der Waals surface area contributed by atoms with Gasteiger partial charge >= 0.3 is 0 Å². The van der Waals surface area contributed by atoms with Crippen LogP contribution >= 0.6 is 0 Å². The fourth-order valence-corrected chi connectivity index (χ4v) is 3.20. The number of nitrogens with one attached hydrogen (secondary N) is 1. The Kier molecular flexibility index (Phi) is 3.16. The lowest BCUT2D eigenvalue weighted by Crippen LogP contribution is -2.63. The topological polar surface area (TPSA) is 41.3 Å². The molecule has 1 N–H and O–H groups in total. The molecule has 2 heterocycles. The van der Waals surface area contributed by atoms with Crippen molar-refractivity contribution in [2.75, 3.05) is 13.1 Å². The molecular weight excluding hydrogens is 226 g/mol. The van der Waals surface area contributed by atoms with Crippen LogP contribution < -0.4 is 5.32 Å². The van der Waals surface area contributed by atoms with Crippen molar-refractivity contribution in [1.29, 1.82) is 0 Å². The molecular formula is C14H23N3O. The molecule has 1 saturated heterocycles. The van der Waals surface area contributed by atoms with Gasteiger partial charge in [0.2, 0.25) is 0 Å². The molecule has 1 aliphatic carbocycles. The minimum atomic E-state index is 0.301. The molecule has 4 heteroatoms. The Morgan fingerprint density at radius 3 is 3.00 bits per heavy atom. The average molecular weight is 249 g/mol. The van der Waals surface area contributed by atoms with Crippen molar-refractivity contribution in [2.24, 2.45) is 5.92 Å². The number of piperazine rings is 1. The normalized spacial score (nSPS) is 33.8. The summed E-state index contributed by atoms with van der Waals surface area (Å²) in [5.74, 6) is 0.870. The molecule has 4 nitrogen and oxygen atoms in total. The van der Waals surface area contributed by atoms with Crippen LogP contribution in [-0.2, 0) is 6.54 Å². The standard InChI is InChI=1S/C14H23N3O/c1-3-13-8-15-14(2,11-4-5-11)10-17(13)9-12-6-7-18-16-12/h6-7,11,13,15H,3-5,8-10H2,1-2H3. The van der Waals surface area contributed by atoms with E-state index in [1.54, 1.807) is 6.26 Å². The van der Waals surface area contributed by atoms with E-state index in [4.69, 9.17) is 4.52 Å². The third-order valence-corrected chi connectivity index (χ3v) is 4.60. The number of hydrogen-bond acceptors (Lipinski definition) is 4. The molecule has 1 aromatic rings. The van der Waals surface area contributed by atoms with Crippen LogP contribution in [0.15, 0.2) is 16.9 Å². The summed E-state index contributed by atoms with van der Waals surface area (Å²) < 4.78 is 4.94. The second-order valence-electron chi connectivity index (χ2n) is 6.03. The second-order valence-corrected chi connectivity index (χ2v) is 6.03. The number of aromatic nitrogens is 1. The first kappa shape index (κ1) is 12.2. The van der Waals surface area contributed by atoms with Gasteiger partial charge in [-0.3, -0.25) is 4.90 Å². The minimum Gasteiger partial charge on any atom is -0.364 e. The predicted octanol–water partition coefficient (Wildman–Crippen LogP) is 2.03. The molecule has 1 aliphatic heterocycles. The molecule has 18 heavy (non-hydrogen) atoms. The third kappa shape index (κ3) is 2.31. The van der Waals surface area contributed by atoms with Crippen LogP contribution in [0, 0.1) is 5.92 Å². The van der Waals surface area contributed by atoms with E-state index in [1.807, 2.05) is 6.07 Å². The molecule has 2 aliphatic rings. The summed E-state index contributed by atoms with van der Waals surface area (Å²) in [5, 5.41) is 7.83. The molecule has 100 valence electrons. The molecule has 0 aromatic carbocycles. The molecule has 2 fully saturated rings. The highest BCUT2D eigenvalue weighted by Crippen LogP contribution is 2.41. The Balaban J connectivity index is 1.71. The Morgan fingerprint density at radius 2 is 2.39 bits per heavy atom. The van der Waals surface area contributed by atoms with Gasteiger partial charge in [-0.15, -0.1) is 0 Å². The Hall–Kier alpha value is -0.870. The second kappa shape index (κ2) is 4.67. The molecule has 2 atom stereocenters. The average Bonchev–Trinajstić information content (AvgIpc) is 3.11. The van der Waals surface area contributed by atoms with Gasteiger partial charge in [-0.05, 0) is 32.1 Å². The maximum Gasteiger partial charge on any atom is 0.124 e. The van der Waals surface area contributed by atoms with E-state index in [2.05, 4.69) is 29.2 Å². The van der Waals surface area contributed by atoms with Crippen molar-refractivity contribution < 1.29 is 4.52 Å². The molecule has 0 spiro atoms. The lowest BCUT2D eigenvalue weighted by molar-refractivity contribution is 0.0647. The van der Waals surface area contributed by atoms with Crippen molar-refractivity contribution in [2.45, 2.75) is 51.2 Å². The molecule has 1 aromatic heterocycles. The molecule has 0 amide bonds. The van der Waals surface area contributed by atoms with Crippen molar-refractivity contribution in [1.82, 2.24) is 15.4 Å². The first-order valence-corrected chi connectivity index (χ1v) is 7.09. The van der Waals surface area contributed by atoms with Crippen LogP contribution in [0.1, 0.15) is 38.8 Å². The zero-order chi connectivity index (χ0) is 12.6. The van der Waals surface area contributed by atoms with Gasteiger partial charge in [-0.25, -0.2) is 0 Å². The molecule has 2 unspecified atom stereocenters. The van der Waals surface area contributed by atoms with Crippen LogP contribution in [0.3, 0.4) is 0 Å². The molecule has 1 saturated carbocycles. The number of nitrogens with zero attached hydrogens (tertiary/aromatic N) is 2. The first-order valence-electron chi connectivity index (χ1n) is 7.09. The van der Waals surface area contributed by atoms with Crippen LogP contribution in [0.2, 0.25) is 0 Å².